The highest BCUT2D eigenvalue weighted by Gasteiger charge is 2.41. The summed E-state index contributed by atoms with van der Waals surface area (Å²) in [5.74, 6) is -2.26. The predicted octanol–water partition coefficient (Wildman–Crippen LogP) is 7.04. The molecule has 2 N–H and O–H groups in total. The maximum atomic E-state index is 12.0. The summed E-state index contributed by atoms with van der Waals surface area (Å²) in [6, 6.07) is 0. The lowest BCUT2D eigenvalue weighted by Gasteiger charge is -2.14. The van der Waals surface area contributed by atoms with E-state index >= 15 is 0 Å². The zero-order valence-corrected chi connectivity index (χ0v) is 18.9. The Morgan fingerprint density at radius 3 is 1.53 bits per heavy atom. The number of unbranched alkanes of at least 4 members (excludes halogenated alkanes) is 15. The molecule has 30 heavy (non-hydrogen) atoms. The van der Waals surface area contributed by atoms with E-state index in [0.29, 0.717) is 6.61 Å². The minimum absolute atomic E-state index is 0.0562. The van der Waals surface area contributed by atoms with Gasteiger partial charge in [0, 0.05) is 13.0 Å². The number of nitrogens with two attached hydrogens (primary N) is 1. The number of halogens is 3. The van der Waals surface area contributed by atoms with Gasteiger partial charge in [0.15, 0.2) is 6.23 Å². The highest BCUT2D eigenvalue weighted by Crippen LogP contribution is 2.17. The summed E-state index contributed by atoms with van der Waals surface area (Å²) in [5.41, 5.74) is 5.32. The van der Waals surface area contributed by atoms with E-state index in [2.05, 4.69) is 11.7 Å². The topological polar surface area (TPSA) is 61.6 Å². The molecule has 0 bridgehead atoms. The third-order valence-electron chi connectivity index (χ3n) is 5.18. The number of hydrogen-bond acceptors (Lipinski definition) is 4. The minimum Gasteiger partial charge on any atom is -0.440 e. The van der Waals surface area contributed by atoms with Crippen LogP contribution >= 0.6 is 0 Å². The third kappa shape index (κ3) is 20.5. The molecule has 0 aliphatic rings. The number of esters is 1. The van der Waals surface area contributed by atoms with Gasteiger partial charge in [-0.05, 0) is 6.42 Å². The Morgan fingerprint density at radius 2 is 1.13 bits per heavy atom. The summed E-state index contributed by atoms with van der Waals surface area (Å²) >= 11 is 0. The number of ether oxygens (including phenoxy) is 2. The van der Waals surface area contributed by atoms with Crippen LogP contribution in [-0.2, 0) is 14.3 Å². The van der Waals surface area contributed by atoms with Crippen molar-refractivity contribution in [3.63, 3.8) is 0 Å². The van der Waals surface area contributed by atoms with Gasteiger partial charge in [-0.1, -0.05) is 103 Å². The van der Waals surface area contributed by atoms with Crippen LogP contribution < -0.4 is 5.73 Å². The van der Waals surface area contributed by atoms with E-state index in [4.69, 9.17) is 10.5 Å². The molecule has 0 spiro atoms. The monoisotopic (exact) mass is 439 g/mol. The Kier molecular flexibility index (Phi) is 19.6. The van der Waals surface area contributed by atoms with Crippen molar-refractivity contribution in [2.24, 2.45) is 5.73 Å². The molecule has 0 radical (unpaired) electrons. The second-order valence-corrected chi connectivity index (χ2v) is 8.15. The van der Waals surface area contributed by atoms with Crippen molar-refractivity contribution in [2.45, 2.75) is 128 Å². The first-order valence-electron chi connectivity index (χ1n) is 12.0. The highest BCUT2D eigenvalue weighted by atomic mass is 19.4. The molecule has 0 saturated carbocycles. The van der Waals surface area contributed by atoms with Crippen LogP contribution in [0.15, 0.2) is 0 Å². The van der Waals surface area contributed by atoms with Crippen molar-refractivity contribution < 1.29 is 27.4 Å². The second-order valence-electron chi connectivity index (χ2n) is 8.15. The Morgan fingerprint density at radius 1 is 0.733 bits per heavy atom. The molecule has 0 aliphatic heterocycles. The first kappa shape index (κ1) is 29.2. The second kappa shape index (κ2) is 20.1. The third-order valence-corrected chi connectivity index (χ3v) is 5.18. The SMILES string of the molecule is CCCCCCCCCCCCCCCCCCOCCC(N)OC(=O)C(F)(F)F. The van der Waals surface area contributed by atoms with Crippen molar-refractivity contribution >= 4 is 5.97 Å². The summed E-state index contributed by atoms with van der Waals surface area (Å²) < 4.78 is 45.5. The van der Waals surface area contributed by atoms with E-state index in [9.17, 15) is 18.0 Å². The summed E-state index contributed by atoms with van der Waals surface area (Å²) in [4.78, 5) is 10.6. The fourth-order valence-electron chi connectivity index (χ4n) is 3.32. The highest BCUT2D eigenvalue weighted by molar-refractivity contribution is 5.75. The van der Waals surface area contributed by atoms with E-state index in [1.54, 1.807) is 0 Å². The van der Waals surface area contributed by atoms with Crippen LogP contribution in [0.2, 0.25) is 0 Å². The average molecular weight is 440 g/mol. The van der Waals surface area contributed by atoms with Gasteiger partial charge in [-0.2, -0.15) is 13.2 Å². The van der Waals surface area contributed by atoms with Crippen LogP contribution in [0.25, 0.3) is 0 Å². The Bertz CT molecular complexity index is 392. The largest absolute Gasteiger partial charge is 0.490 e. The Hall–Kier alpha value is -0.820. The molecule has 4 nitrogen and oxygen atoms in total. The summed E-state index contributed by atoms with van der Waals surface area (Å²) in [7, 11) is 0. The number of alkyl halides is 3. The van der Waals surface area contributed by atoms with E-state index < -0.39 is 18.4 Å². The summed E-state index contributed by atoms with van der Waals surface area (Å²) in [5, 5.41) is 0. The minimum atomic E-state index is -5.01. The molecule has 1 unspecified atom stereocenters. The smallest absolute Gasteiger partial charge is 0.440 e. The Balaban J connectivity index is 3.20. The van der Waals surface area contributed by atoms with Crippen LogP contribution in [0.5, 0.6) is 0 Å². The molecule has 0 rings (SSSR count). The zero-order chi connectivity index (χ0) is 22.5. The number of rotatable bonds is 21. The van der Waals surface area contributed by atoms with Crippen molar-refractivity contribution in [3.8, 4) is 0 Å². The zero-order valence-electron chi connectivity index (χ0n) is 18.9. The van der Waals surface area contributed by atoms with E-state index in [1.165, 1.54) is 89.9 Å². The molecule has 0 heterocycles. The Labute approximate surface area is 181 Å². The molecule has 0 aliphatic carbocycles. The molecule has 0 saturated heterocycles. The van der Waals surface area contributed by atoms with Crippen LogP contribution in [-0.4, -0.2) is 31.6 Å². The average Bonchev–Trinajstić information content (AvgIpc) is 2.69. The molecule has 0 aromatic carbocycles. The van der Waals surface area contributed by atoms with Gasteiger partial charge in [-0.3, -0.25) is 5.73 Å². The van der Waals surface area contributed by atoms with Gasteiger partial charge < -0.3 is 9.47 Å². The molecule has 1 atom stereocenters. The van der Waals surface area contributed by atoms with Gasteiger partial charge in [0.2, 0.25) is 0 Å². The number of carbonyl (C=O) groups excluding carboxylic acids is 1. The lowest BCUT2D eigenvalue weighted by atomic mass is 10.0. The van der Waals surface area contributed by atoms with Gasteiger partial charge in [-0.25, -0.2) is 4.79 Å². The van der Waals surface area contributed by atoms with Crippen molar-refractivity contribution in [1.82, 2.24) is 0 Å². The van der Waals surface area contributed by atoms with Gasteiger partial charge in [0.1, 0.15) is 0 Å². The fourth-order valence-corrected chi connectivity index (χ4v) is 3.32. The summed E-state index contributed by atoms with van der Waals surface area (Å²) in [6.07, 6.45) is 14.6. The molecular formula is C23H44F3NO3. The molecule has 180 valence electrons. The molecule has 7 heteroatoms. The maximum absolute atomic E-state index is 12.0. The van der Waals surface area contributed by atoms with Crippen molar-refractivity contribution in [3.05, 3.63) is 0 Å². The maximum Gasteiger partial charge on any atom is 0.490 e. The van der Waals surface area contributed by atoms with Gasteiger partial charge in [0.05, 0.1) is 6.61 Å². The number of carbonyl (C=O) groups is 1. The summed E-state index contributed by atoms with van der Waals surface area (Å²) in [6.45, 7) is 3.00. The normalized spacial score (nSPS) is 12.8. The van der Waals surface area contributed by atoms with E-state index in [1.807, 2.05) is 0 Å². The first-order chi connectivity index (χ1) is 14.4. The molecule has 0 fully saturated rings. The number of hydrogen-bond donors (Lipinski definition) is 1. The lowest BCUT2D eigenvalue weighted by Crippen LogP contribution is -2.35. The predicted molar refractivity (Wildman–Crippen MR) is 115 cm³/mol. The van der Waals surface area contributed by atoms with Crippen LogP contribution in [0.4, 0.5) is 13.2 Å². The first-order valence-corrected chi connectivity index (χ1v) is 12.0. The van der Waals surface area contributed by atoms with Crippen molar-refractivity contribution in [1.29, 1.82) is 0 Å². The molecule has 0 aromatic heterocycles. The van der Waals surface area contributed by atoms with Gasteiger partial charge in [0.25, 0.3) is 0 Å². The van der Waals surface area contributed by atoms with Gasteiger partial charge in [-0.15, -0.1) is 0 Å². The van der Waals surface area contributed by atoms with Crippen molar-refractivity contribution in [2.75, 3.05) is 13.2 Å². The van der Waals surface area contributed by atoms with Crippen LogP contribution in [0.1, 0.15) is 116 Å². The quantitative estimate of drug-likeness (QED) is 0.118. The van der Waals surface area contributed by atoms with E-state index in [0.717, 1.165) is 12.8 Å². The lowest BCUT2D eigenvalue weighted by molar-refractivity contribution is -0.205. The fraction of sp³-hybridized carbons (Fsp3) is 0.957. The molecule has 0 aromatic rings. The van der Waals surface area contributed by atoms with Gasteiger partial charge >= 0.3 is 12.1 Å². The standard InChI is InChI=1S/C23H44F3NO3/c1-2-3-4-5-6-7-8-9-10-11-12-13-14-15-16-17-19-29-20-18-21(27)30-22(28)23(24,25)26/h21H,2-20,27H2,1H3. The van der Waals surface area contributed by atoms with E-state index in [-0.39, 0.29) is 13.0 Å². The van der Waals surface area contributed by atoms with Crippen LogP contribution in [0, 0.1) is 0 Å². The van der Waals surface area contributed by atoms with Crippen LogP contribution in [0.3, 0.4) is 0 Å². The molecular weight excluding hydrogens is 395 g/mol. The molecule has 0 amide bonds.